The van der Waals surface area contributed by atoms with Gasteiger partial charge in [-0.05, 0) is 29.2 Å². The van der Waals surface area contributed by atoms with Crippen LogP contribution in [0, 0.1) is 0 Å². The summed E-state index contributed by atoms with van der Waals surface area (Å²) in [5.74, 6) is 0.205. The Balaban J connectivity index is 1.91. The monoisotopic (exact) mass is 296 g/mol. The van der Waals surface area contributed by atoms with Gasteiger partial charge in [0.2, 0.25) is 0 Å². The molecule has 0 saturated carbocycles. The number of carbonyl (C=O) groups is 1. The molecule has 0 aliphatic carbocycles. The zero-order chi connectivity index (χ0) is 15.8. The van der Waals surface area contributed by atoms with Crippen LogP contribution in [0.25, 0.3) is 0 Å². The van der Waals surface area contributed by atoms with Crippen LogP contribution in [0.4, 0.5) is 0 Å². The van der Waals surface area contributed by atoms with Crippen molar-refractivity contribution in [3.8, 4) is 0 Å². The summed E-state index contributed by atoms with van der Waals surface area (Å²) < 4.78 is 0. The van der Waals surface area contributed by atoms with Crippen LogP contribution in [0.5, 0.6) is 0 Å². The molecule has 0 heterocycles. The zero-order valence-corrected chi connectivity index (χ0v) is 12.8. The Labute approximate surface area is 130 Å². The molecule has 0 spiro atoms. The van der Waals surface area contributed by atoms with Gasteiger partial charge in [0.05, 0.1) is 6.21 Å². The van der Waals surface area contributed by atoms with Gasteiger partial charge in [-0.15, -0.1) is 0 Å². The third-order valence-corrected chi connectivity index (χ3v) is 3.42. The molecule has 1 atom stereocenters. The van der Waals surface area contributed by atoms with Crippen molar-refractivity contribution in [2.75, 3.05) is 13.7 Å². The fourth-order valence-corrected chi connectivity index (χ4v) is 2.08. The van der Waals surface area contributed by atoms with Crippen molar-refractivity contribution in [1.82, 2.24) is 5.32 Å². The predicted molar refractivity (Wildman–Crippen MR) is 88.2 cm³/mol. The molecule has 0 saturated heterocycles. The predicted octanol–water partition coefficient (Wildman–Crippen LogP) is 3.20. The van der Waals surface area contributed by atoms with Gasteiger partial charge in [-0.3, -0.25) is 4.79 Å². The van der Waals surface area contributed by atoms with Gasteiger partial charge in [-0.1, -0.05) is 54.5 Å². The van der Waals surface area contributed by atoms with Crippen LogP contribution in [0.1, 0.15) is 34.3 Å². The number of oxime groups is 1. The quantitative estimate of drug-likeness (QED) is 0.657. The highest BCUT2D eigenvalue weighted by atomic mass is 16.6. The van der Waals surface area contributed by atoms with E-state index in [0.29, 0.717) is 12.1 Å². The molecule has 2 aromatic carbocycles. The smallest absolute Gasteiger partial charge is 0.251 e. The highest BCUT2D eigenvalue weighted by Gasteiger charge is 2.09. The van der Waals surface area contributed by atoms with E-state index >= 15 is 0 Å². The molecule has 1 amide bonds. The number of carbonyl (C=O) groups excluding carboxylic acids is 1. The third kappa shape index (κ3) is 4.45. The highest BCUT2D eigenvalue weighted by molar-refractivity contribution is 5.95. The van der Waals surface area contributed by atoms with E-state index in [2.05, 4.69) is 34.4 Å². The van der Waals surface area contributed by atoms with Crippen molar-refractivity contribution in [1.29, 1.82) is 0 Å². The lowest BCUT2D eigenvalue weighted by molar-refractivity contribution is 0.0951. The Morgan fingerprint density at radius 2 is 1.86 bits per heavy atom. The van der Waals surface area contributed by atoms with Crippen molar-refractivity contribution in [3.05, 3.63) is 71.3 Å². The summed E-state index contributed by atoms with van der Waals surface area (Å²) in [7, 11) is 1.49. The minimum Gasteiger partial charge on any atom is -0.399 e. The van der Waals surface area contributed by atoms with E-state index in [1.165, 1.54) is 12.7 Å². The molecule has 2 rings (SSSR count). The molecule has 22 heavy (non-hydrogen) atoms. The van der Waals surface area contributed by atoms with Gasteiger partial charge < -0.3 is 10.2 Å². The number of nitrogens with one attached hydrogen (secondary N) is 1. The topological polar surface area (TPSA) is 50.7 Å². The van der Waals surface area contributed by atoms with Gasteiger partial charge in [0.15, 0.2) is 0 Å². The lowest BCUT2D eigenvalue weighted by Crippen LogP contribution is -2.27. The van der Waals surface area contributed by atoms with Gasteiger partial charge in [0.25, 0.3) is 5.91 Å². The van der Waals surface area contributed by atoms with E-state index in [9.17, 15) is 4.79 Å². The molecule has 0 aromatic heterocycles. The Bertz CT molecular complexity index is 621. The second-order valence-corrected chi connectivity index (χ2v) is 5.06. The van der Waals surface area contributed by atoms with E-state index in [0.717, 1.165) is 5.56 Å². The lowest BCUT2D eigenvalue weighted by atomic mass is 10.0. The minimum absolute atomic E-state index is 0.0713. The number of hydrogen-bond donors (Lipinski definition) is 1. The molecule has 114 valence electrons. The van der Waals surface area contributed by atoms with Crippen LogP contribution >= 0.6 is 0 Å². The average molecular weight is 296 g/mol. The number of rotatable bonds is 6. The van der Waals surface area contributed by atoms with Gasteiger partial charge in [-0.2, -0.15) is 0 Å². The van der Waals surface area contributed by atoms with Gasteiger partial charge in [0, 0.05) is 12.1 Å². The highest BCUT2D eigenvalue weighted by Crippen LogP contribution is 2.13. The number of nitrogens with zero attached hydrogens (tertiary/aromatic N) is 1. The standard InChI is InChI=1S/C18H20N2O2/c1-14(16-6-4-3-5-7-16)12-19-18(21)17-10-8-15(9-11-17)13-20-22-2/h3-11,13-14H,12H2,1-2H3,(H,19,21)/b20-13+. The summed E-state index contributed by atoms with van der Waals surface area (Å²) in [5.41, 5.74) is 2.74. The number of benzene rings is 2. The molecule has 0 radical (unpaired) electrons. The van der Waals surface area contributed by atoms with E-state index in [1.807, 2.05) is 30.3 Å². The summed E-state index contributed by atoms with van der Waals surface area (Å²) in [5, 5.41) is 6.65. The third-order valence-electron chi connectivity index (χ3n) is 3.42. The van der Waals surface area contributed by atoms with E-state index in [1.54, 1.807) is 18.3 Å². The van der Waals surface area contributed by atoms with Crippen LogP contribution in [0.2, 0.25) is 0 Å². The van der Waals surface area contributed by atoms with E-state index < -0.39 is 0 Å². The van der Waals surface area contributed by atoms with Crippen LogP contribution in [-0.2, 0) is 4.84 Å². The molecule has 2 aromatic rings. The molecule has 0 aliphatic rings. The molecule has 4 heteroatoms. The first-order valence-corrected chi connectivity index (χ1v) is 7.20. The summed E-state index contributed by atoms with van der Waals surface area (Å²) in [4.78, 5) is 16.8. The fraction of sp³-hybridized carbons (Fsp3) is 0.222. The fourth-order valence-electron chi connectivity index (χ4n) is 2.08. The first kappa shape index (κ1) is 15.8. The van der Waals surface area contributed by atoms with Gasteiger partial charge in [0.1, 0.15) is 7.11 Å². The second-order valence-electron chi connectivity index (χ2n) is 5.06. The van der Waals surface area contributed by atoms with Gasteiger partial charge >= 0.3 is 0 Å². The second kappa shape index (κ2) is 7.98. The largest absolute Gasteiger partial charge is 0.399 e. The number of hydrogen-bond acceptors (Lipinski definition) is 3. The molecule has 0 aliphatic heterocycles. The maximum Gasteiger partial charge on any atom is 0.251 e. The van der Waals surface area contributed by atoms with Crippen molar-refractivity contribution in [3.63, 3.8) is 0 Å². The Morgan fingerprint density at radius 3 is 2.50 bits per heavy atom. The molecular weight excluding hydrogens is 276 g/mol. The zero-order valence-electron chi connectivity index (χ0n) is 12.8. The van der Waals surface area contributed by atoms with Crippen LogP contribution in [-0.4, -0.2) is 25.8 Å². The summed E-state index contributed by atoms with van der Waals surface area (Å²) in [6.45, 7) is 2.70. The van der Waals surface area contributed by atoms with Crippen molar-refractivity contribution in [2.45, 2.75) is 12.8 Å². The first-order chi connectivity index (χ1) is 10.7. The molecule has 0 bridgehead atoms. The van der Waals surface area contributed by atoms with Gasteiger partial charge in [-0.25, -0.2) is 0 Å². The van der Waals surface area contributed by atoms with Crippen molar-refractivity contribution in [2.24, 2.45) is 5.16 Å². The normalized spacial score (nSPS) is 12.1. The molecule has 4 nitrogen and oxygen atoms in total. The summed E-state index contributed by atoms with van der Waals surface area (Å²) in [6, 6.07) is 17.4. The van der Waals surface area contributed by atoms with Crippen LogP contribution < -0.4 is 5.32 Å². The van der Waals surface area contributed by atoms with Crippen molar-refractivity contribution < 1.29 is 9.63 Å². The van der Waals surface area contributed by atoms with Crippen LogP contribution in [0.15, 0.2) is 59.8 Å². The average Bonchev–Trinajstić information content (AvgIpc) is 2.58. The van der Waals surface area contributed by atoms with E-state index in [4.69, 9.17) is 0 Å². The van der Waals surface area contributed by atoms with Crippen molar-refractivity contribution >= 4 is 12.1 Å². The maximum absolute atomic E-state index is 12.1. The number of amides is 1. The molecule has 0 fully saturated rings. The Morgan fingerprint density at radius 1 is 1.18 bits per heavy atom. The van der Waals surface area contributed by atoms with Crippen LogP contribution in [0.3, 0.4) is 0 Å². The Hall–Kier alpha value is -2.62. The summed E-state index contributed by atoms with van der Waals surface area (Å²) in [6.07, 6.45) is 1.60. The molecule has 1 N–H and O–H groups in total. The lowest BCUT2D eigenvalue weighted by Gasteiger charge is -2.13. The molecular formula is C18H20N2O2. The minimum atomic E-state index is -0.0713. The van der Waals surface area contributed by atoms with E-state index in [-0.39, 0.29) is 11.8 Å². The molecule has 1 unspecified atom stereocenters. The maximum atomic E-state index is 12.1. The summed E-state index contributed by atoms with van der Waals surface area (Å²) >= 11 is 0. The SMILES string of the molecule is CO/N=C/c1ccc(C(=O)NCC(C)c2ccccc2)cc1. The first-order valence-electron chi connectivity index (χ1n) is 7.20. The Kier molecular flexibility index (Phi) is 5.72.